The van der Waals surface area contributed by atoms with E-state index < -0.39 is 0 Å². The van der Waals surface area contributed by atoms with Crippen LogP contribution in [0, 0.1) is 6.92 Å². The molecule has 0 aromatic heterocycles. The van der Waals surface area contributed by atoms with Gasteiger partial charge >= 0.3 is 0 Å². The molecule has 1 rings (SSSR count). The van der Waals surface area contributed by atoms with Crippen LogP contribution in [0.4, 0.5) is 0 Å². The number of ether oxygens (including phenoxy) is 2. The normalized spacial score (nSPS) is 10.7. The molecule has 118 valence electrons. The fourth-order valence-corrected chi connectivity index (χ4v) is 1.98. The average molecular weight is 293 g/mol. The number of benzene rings is 1. The van der Waals surface area contributed by atoms with E-state index in [1.54, 1.807) is 0 Å². The number of carbonyl (C=O) groups is 1. The van der Waals surface area contributed by atoms with E-state index in [1.165, 1.54) is 0 Å². The summed E-state index contributed by atoms with van der Waals surface area (Å²) in [5.74, 6) is 1.08. The van der Waals surface area contributed by atoms with Crippen molar-refractivity contribution in [2.45, 2.75) is 40.0 Å². The molecule has 0 unspecified atom stereocenters. The van der Waals surface area contributed by atoms with Gasteiger partial charge in [0.2, 0.25) is 0 Å². The molecule has 1 N–H and O–H groups in total. The van der Waals surface area contributed by atoms with Crippen molar-refractivity contribution in [2.75, 3.05) is 26.4 Å². The monoisotopic (exact) mass is 293 g/mol. The van der Waals surface area contributed by atoms with Crippen LogP contribution in [0.25, 0.3) is 0 Å². The zero-order chi connectivity index (χ0) is 15.7. The molecule has 0 radical (unpaired) electrons. The molecule has 1 aromatic rings. The lowest BCUT2D eigenvalue weighted by molar-refractivity contribution is -0.123. The van der Waals surface area contributed by atoms with Crippen molar-refractivity contribution in [1.82, 2.24) is 5.32 Å². The second-order valence-corrected chi connectivity index (χ2v) is 5.39. The molecule has 1 amide bonds. The molecule has 0 spiro atoms. The van der Waals surface area contributed by atoms with Gasteiger partial charge in [0.05, 0.1) is 0 Å². The summed E-state index contributed by atoms with van der Waals surface area (Å²) in [7, 11) is 0. The summed E-state index contributed by atoms with van der Waals surface area (Å²) in [6.07, 6.45) is 0.821. The molecule has 4 heteroatoms. The zero-order valence-electron chi connectivity index (χ0n) is 13.6. The molecule has 0 saturated carbocycles. The molecular formula is C17H27NO3. The van der Waals surface area contributed by atoms with Crippen molar-refractivity contribution in [1.29, 1.82) is 0 Å². The van der Waals surface area contributed by atoms with Gasteiger partial charge in [0.25, 0.3) is 5.91 Å². The Morgan fingerprint density at radius 3 is 2.76 bits per heavy atom. The van der Waals surface area contributed by atoms with E-state index in [9.17, 15) is 4.79 Å². The Morgan fingerprint density at radius 1 is 1.33 bits per heavy atom. The third-order valence-corrected chi connectivity index (χ3v) is 3.14. The van der Waals surface area contributed by atoms with Crippen molar-refractivity contribution >= 4 is 5.91 Å². The van der Waals surface area contributed by atoms with Crippen LogP contribution >= 0.6 is 0 Å². The highest BCUT2D eigenvalue weighted by atomic mass is 16.5. The lowest BCUT2D eigenvalue weighted by atomic mass is 10.0. The molecule has 0 aliphatic carbocycles. The Hall–Kier alpha value is -1.55. The molecule has 0 saturated heterocycles. The van der Waals surface area contributed by atoms with Gasteiger partial charge < -0.3 is 14.8 Å². The zero-order valence-corrected chi connectivity index (χ0v) is 13.6. The van der Waals surface area contributed by atoms with Crippen LogP contribution in [0.1, 0.15) is 44.2 Å². The van der Waals surface area contributed by atoms with Gasteiger partial charge in [-0.1, -0.05) is 26.0 Å². The number of hydrogen-bond acceptors (Lipinski definition) is 3. The lowest BCUT2D eigenvalue weighted by Crippen LogP contribution is -2.30. The highest BCUT2D eigenvalue weighted by Gasteiger charge is 2.10. The predicted molar refractivity (Wildman–Crippen MR) is 84.9 cm³/mol. The van der Waals surface area contributed by atoms with Crippen molar-refractivity contribution in [3.63, 3.8) is 0 Å². The summed E-state index contributed by atoms with van der Waals surface area (Å²) >= 11 is 0. The van der Waals surface area contributed by atoms with E-state index in [2.05, 4.69) is 31.3 Å². The fourth-order valence-electron chi connectivity index (χ4n) is 1.98. The molecule has 0 heterocycles. The Balaban J connectivity index is 2.40. The highest BCUT2D eigenvalue weighted by Crippen LogP contribution is 2.27. The fraction of sp³-hybridized carbons (Fsp3) is 0.588. The van der Waals surface area contributed by atoms with Gasteiger partial charge in [-0.3, -0.25) is 4.79 Å². The highest BCUT2D eigenvalue weighted by molar-refractivity contribution is 5.77. The summed E-state index contributed by atoms with van der Waals surface area (Å²) < 4.78 is 10.9. The number of nitrogens with one attached hydrogen (secondary N) is 1. The Morgan fingerprint density at radius 2 is 2.10 bits per heavy atom. The van der Waals surface area contributed by atoms with E-state index in [0.717, 1.165) is 23.3 Å². The first kappa shape index (κ1) is 17.5. The lowest BCUT2D eigenvalue weighted by Gasteiger charge is -2.14. The minimum absolute atomic E-state index is 0.0534. The number of carbonyl (C=O) groups excluding carboxylic acids is 1. The van der Waals surface area contributed by atoms with Crippen LogP contribution in [0.3, 0.4) is 0 Å². The maximum atomic E-state index is 11.7. The largest absolute Gasteiger partial charge is 0.483 e. The molecule has 4 nitrogen and oxygen atoms in total. The van der Waals surface area contributed by atoms with Gasteiger partial charge in [-0.2, -0.15) is 0 Å². The maximum Gasteiger partial charge on any atom is 0.257 e. The van der Waals surface area contributed by atoms with Crippen molar-refractivity contribution in [3.05, 3.63) is 29.3 Å². The molecular weight excluding hydrogens is 266 g/mol. The molecule has 0 aliphatic rings. The predicted octanol–water partition coefficient (Wildman–Crippen LogP) is 3.04. The maximum absolute atomic E-state index is 11.7. The topological polar surface area (TPSA) is 47.6 Å². The van der Waals surface area contributed by atoms with E-state index in [0.29, 0.717) is 25.7 Å². The quantitative estimate of drug-likeness (QED) is 0.712. The van der Waals surface area contributed by atoms with Crippen molar-refractivity contribution < 1.29 is 14.3 Å². The summed E-state index contributed by atoms with van der Waals surface area (Å²) in [6.45, 7) is 10.3. The smallest absolute Gasteiger partial charge is 0.257 e. The first-order valence-corrected chi connectivity index (χ1v) is 7.62. The third-order valence-electron chi connectivity index (χ3n) is 3.14. The average Bonchev–Trinajstić information content (AvgIpc) is 2.44. The van der Waals surface area contributed by atoms with Crippen LogP contribution in [-0.4, -0.2) is 32.3 Å². The van der Waals surface area contributed by atoms with Gasteiger partial charge in [-0.05, 0) is 43.4 Å². The third kappa shape index (κ3) is 6.63. The van der Waals surface area contributed by atoms with Gasteiger partial charge in [0, 0.05) is 19.8 Å². The van der Waals surface area contributed by atoms with E-state index >= 15 is 0 Å². The summed E-state index contributed by atoms with van der Waals surface area (Å²) in [5.41, 5.74) is 2.26. The van der Waals surface area contributed by atoms with Crippen LogP contribution < -0.4 is 10.1 Å². The number of rotatable bonds is 9. The molecule has 0 aliphatic heterocycles. The van der Waals surface area contributed by atoms with E-state index in [4.69, 9.17) is 9.47 Å². The Bertz CT molecular complexity index is 444. The molecule has 0 fully saturated rings. The molecule has 0 bridgehead atoms. The van der Waals surface area contributed by atoms with Crippen LogP contribution in [0.15, 0.2) is 18.2 Å². The molecule has 1 aromatic carbocycles. The molecule has 21 heavy (non-hydrogen) atoms. The van der Waals surface area contributed by atoms with Crippen molar-refractivity contribution in [3.8, 4) is 5.75 Å². The standard InChI is InChI=1S/C17H27NO3/c1-5-20-10-6-9-18-17(19)12-21-16-11-14(4)7-8-15(16)13(2)3/h7-8,11,13H,5-6,9-10,12H2,1-4H3,(H,18,19). The number of aryl methyl sites for hydroxylation is 1. The number of hydrogen-bond donors (Lipinski definition) is 1. The van der Waals surface area contributed by atoms with Crippen LogP contribution in [0.2, 0.25) is 0 Å². The first-order chi connectivity index (χ1) is 10.0. The van der Waals surface area contributed by atoms with Crippen molar-refractivity contribution in [2.24, 2.45) is 0 Å². The van der Waals surface area contributed by atoms with Gasteiger partial charge in [-0.15, -0.1) is 0 Å². The second kappa shape index (κ2) is 9.40. The minimum Gasteiger partial charge on any atom is -0.483 e. The van der Waals surface area contributed by atoms with E-state index in [-0.39, 0.29) is 12.5 Å². The van der Waals surface area contributed by atoms with Gasteiger partial charge in [0.15, 0.2) is 6.61 Å². The second-order valence-electron chi connectivity index (χ2n) is 5.39. The summed E-state index contributed by atoms with van der Waals surface area (Å²) in [4.78, 5) is 11.7. The van der Waals surface area contributed by atoms with Gasteiger partial charge in [0.1, 0.15) is 5.75 Å². The van der Waals surface area contributed by atoms with E-state index in [1.807, 2.05) is 19.9 Å². The number of amides is 1. The van der Waals surface area contributed by atoms with Crippen LogP contribution in [0.5, 0.6) is 5.75 Å². The Kier molecular flexibility index (Phi) is 7.83. The summed E-state index contributed by atoms with van der Waals surface area (Å²) in [5, 5.41) is 2.83. The minimum atomic E-state index is -0.0947. The Labute approximate surface area is 127 Å². The summed E-state index contributed by atoms with van der Waals surface area (Å²) in [6, 6.07) is 6.11. The molecule has 0 atom stereocenters. The first-order valence-electron chi connectivity index (χ1n) is 7.62. The van der Waals surface area contributed by atoms with Crippen LogP contribution in [-0.2, 0) is 9.53 Å². The van der Waals surface area contributed by atoms with Gasteiger partial charge in [-0.25, -0.2) is 0 Å². The SMILES string of the molecule is CCOCCCNC(=O)COc1cc(C)ccc1C(C)C.